The monoisotopic (exact) mass is 297 g/mol. The number of nitrogens with zero attached hydrogens (tertiary/aromatic N) is 2. The Balaban J connectivity index is 1.81. The first-order chi connectivity index (χ1) is 10.6. The molecule has 1 N–H and O–H groups in total. The average Bonchev–Trinajstić information content (AvgIpc) is 2.96. The number of carbonyl (C=O) groups excluding carboxylic acids is 1. The van der Waals surface area contributed by atoms with E-state index >= 15 is 0 Å². The van der Waals surface area contributed by atoms with Gasteiger partial charge in [-0.3, -0.25) is 0 Å². The van der Waals surface area contributed by atoms with Crippen molar-refractivity contribution < 1.29 is 4.79 Å². The maximum absolute atomic E-state index is 12.7. The van der Waals surface area contributed by atoms with Crippen LogP contribution in [-0.2, 0) is 6.54 Å². The fraction of sp³-hybridized carbons (Fsp3) is 0.389. The molecular formula is C18H23N3O. The summed E-state index contributed by atoms with van der Waals surface area (Å²) < 4.78 is 2.25. The van der Waals surface area contributed by atoms with Crippen molar-refractivity contribution in [1.82, 2.24) is 9.47 Å². The smallest absolute Gasteiger partial charge is 0.322 e. The van der Waals surface area contributed by atoms with E-state index in [4.69, 9.17) is 0 Å². The summed E-state index contributed by atoms with van der Waals surface area (Å²) in [6, 6.07) is 12.2. The molecule has 0 bridgehead atoms. The van der Waals surface area contributed by atoms with E-state index in [0.29, 0.717) is 5.92 Å². The standard InChI is InChI=1S/C18H23N3O/c1-13(2)17-16-5-4-10-20(16)11-12-21(17)18(22)19-15-8-6-14(3)7-9-15/h4-10,13,17H,11-12H2,1-3H3,(H,19,22). The number of hydrogen-bond donors (Lipinski definition) is 1. The van der Waals surface area contributed by atoms with Crippen molar-refractivity contribution in [2.75, 3.05) is 11.9 Å². The second-order valence-electron chi connectivity index (χ2n) is 6.30. The highest BCUT2D eigenvalue weighted by Gasteiger charge is 2.32. The van der Waals surface area contributed by atoms with E-state index in [1.54, 1.807) is 0 Å². The van der Waals surface area contributed by atoms with Crippen molar-refractivity contribution in [3.63, 3.8) is 0 Å². The summed E-state index contributed by atoms with van der Waals surface area (Å²) in [5.41, 5.74) is 3.26. The molecule has 0 radical (unpaired) electrons. The molecule has 2 heterocycles. The minimum atomic E-state index is -0.0185. The van der Waals surface area contributed by atoms with Crippen LogP contribution in [0.2, 0.25) is 0 Å². The van der Waals surface area contributed by atoms with Crippen molar-refractivity contribution in [1.29, 1.82) is 0 Å². The Labute approximate surface area is 131 Å². The van der Waals surface area contributed by atoms with Crippen LogP contribution in [0.1, 0.15) is 31.1 Å². The number of aromatic nitrogens is 1. The molecule has 116 valence electrons. The molecule has 3 rings (SSSR count). The minimum Gasteiger partial charge on any atom is -0.348 e. The molecule has 0 saturated heterocycles. The summed E-state index contributed by atoms with van der Waals surface area (Å²) in [5, 5.41) is 3.02. The van der Waals surface area contributed by atoms with E-state index in [1.165, 1.54) is 11.3 Å². The van der Waals surface area contributed by atoms with Crippen LogP contribution in [-0.4, -0.2) is 22.0 Å². The quantitative estimate of drug-likeness (QED) is 0.892. The van der Waals surface area contributed by atoms with Crippen molar-refractivity contribution in [3.05, 3.63) is 53.9 Å². The summed E-state index contributed by atoms with van der Waals surface area (Å²) in [5.74, 6) is 0.373. The van der Waals surface area contributed by atoms with Gasteiger partial charge in [-0.1, -0.05) is 31.5 Å². The summed E-state index contributed by atoms with van der Waals surface area (Å²) in [7, 11) is 0. The lowest BCUT2D eigenvalue weighted by atomic mass is 9.97. The molecule has 0 saturated carbocycles. The number of benzene rings is 1. The Kier molecular flexibility index (Phi) is 3.92. The van der Waals surface area contributed by atoms with E-state index in [-0.39, 0.29) is 12.1 Å². The lowest BCUT2D eigenvalue weighted by Gasteiger charge is -2.39. The van der Waals surface area contributed by atoms with Crippen LogP contribution in [0.5, 0.6) is 0 Å². The van der Waals surface area contributed by atoms with E-state index in [1.807, 2.05) is 36.1 Å². The lowest BCUT2D eigenvalue weighted by molar-refractivity contribution is 0.144. The largest absolute Gasteiger partial charge is 0.348 e. The van der Waals surface area contributed by atoms with Crippen LogP contribution >= 0.6 is 0 Å². The lowest BCUT2D eigenvalue weighted by Crippen LogP contribution is -2.45. The van der Waals surface area contributed by atoms with E-state index in [0.717, 1.165) is 18.8 Å². The number of carbonyl (C=O) groups is 1. The fourth-order valence-corrected chi connectivity index (χ4v) is 3.18. The van der Waals surface area contributed by atoms with E-state index in [9.17, 15) is 4.79 Å². The topological polar surface area (TPSA) is 37.3 Å². The van der Waals surface area contributed by atoms with Gasteiger partial charge < -0.3 is 14.8 Å². The highest BCUT2D eigenvalue weighted by atomic mass is 16.2. The first-order valence-electron chi connectivity index (χ1n) is 7.85. The molecule has 4 heteroatoms. The molecule has 4 nitrogen and oxygen atoms in total. The number of aryl methyl sites for hydroxylation is 1. The Morgan fingerprint density at radius 2 is 1.91 bits per heavy atom. The number of anilines is 1. The number of fused-ring (bicyclic) bond motifs is 1. The van der Waals surface area contributed by atoms with Gasteiger partial charge in [0.15, 0.2) is 0 Å². The number of rotatable bonds is 2. The third kappa shape index (κ3) is 2.73. The van der Waals surface area contributed by atoms with Gasteiger partial charge in [-0.05, 0) is 37.1 Å². The molecular weight excluding hydrogens is 274 g/mol. The van der Waals surface area contributed by atoms with Gasteiger partial charge in [0.1, 0.15) is 0 Å². The van der Waals surface area contributed by atoms with Crippen molar-refractivity contribution >= 4 is 11.7 Å². The Hall–Kier alpha value is -2.23. The Morgan fingerprint density at radius 3 is 2.59 bits per heavy atom. The molecule has 1 aliphatic rings. The Morgan fingerprint density at radius 1 is 1.18 bits per heavy atom. The average molecular weight is 297 g/mol. The van der Waals surface area contributed by atoms with Crippen molar-refractivity contribution in [2.24, 2.45) is 5.92 Å². The van der Waals surface area contributed by atoms with Crippen molar-refractivity contribution in [3.8, 4) is 0 Å². The molecule has 1 atom stereocenters. The first kappa shape index (κ1) is 14.7. The zero-order chi connectivity index (χ0) is 15.7. The van der Waals surface area contributed by atoms with E-state index in [2.05, 4.69) is 42.1 Å². The van der Waals surface area contributed by atoms with E-state index < -0.39 is 0 Å². The predicted octanol–water partition coefficient (Wildman–Crippen LogP) is 4.04. The molecule has 0 spiro atoms. The predicted molar refractivity (Wildman–Crippen MR) is 88.9 cm³/mol. The zero-order valence-corrected chi connectivity index (χ0v) is 13.4. The molecule has 0 fully saturated rings. The minimum absolute atomic E-state index is 0.0185. The van der Waals surface area contributed by atoms with Crippen LogP contribution in [0.25, 0.3) is 0 Å². The van der Waals surface area contributed by atoms with Gasteiger partial charge in [0, 0.05) is 30.7 Å². The van der Waals surface area contributed by atoms with Crippen LogP contribution in [0.15, 0.2) is 42.6 Å². The molecule has 1 unspecified atom stereocenters. The SMILES string of the molecule is Cc1ccc(NC(=O)N2CCn3cccc3C2C(C)C)cc1. The highest BCUT2D eigenvalue weighted by Crippen LogP contribution is 2.32. The molecule has 1 aromatic carbocycles. The van der Waals surface area contributed by atoms with Crippen molar-refractivity contribution in [2.45, 2.75) is 33.4 Å². The summed E-state index contributed by atoms with van der Waals surface area (Å²) in [4.78, 5) is 14.7. The number of nitrogens with one attached hydrogen (secondary N) is 1. The van der Waals surface area contributed by atoms with Crippen LogP contribution in [0.3, 0.4) is 0 Å². The second-order valence-corrected chi connectivity index (χ2v) is 6.30. The van der Waals surface area contributed by atoms with Gasteiger partial charge >= 0.3 is 6.03 Å². The molecule has 2 amide bonds. The third-order valence-corrected chi connectivity index (χ3v) is 4.28. The van der Waals surface area contributed by atoms with Gasteiger partial charge in [-0.25, -0.2) is 4.79 Å². The number of hydrogen-bond acceptors (Lipinski definition) is 1. The summed E-state index contributed by atoms with van der Waals surface area (Å²) in [6.45, 7) is 7.97. The molecule has 1 aromatic heterocycles. The zero-order valence-electron chi connectivity index (χ0n) is 13.4. The maximum Gasteiger partial charge on any atom is 0.322 e. The number of amides is 2. The normalized spacial score (nSPS) is 17.5. The van der Waals surface area contributed by atoms with Gasteiger partial charge in [0.25, 0.3) is 0 Å². The van der Waals surface area contributed by atoms with Gasteiger partial charge in [-0.2, -0.15) is 0 Å². The van der Waals surface area contributed by atoms with Gasteiger partial charge in [0.05, 0.1) is 6.04 Å². The van der Waals surface area contributed by atoms with Crippen LogP contribution < -0.4 is 5.32 Å². The third-order valence-electron chi connectivity index (χ3n) is 4.28. The highest BCUT2D eigenvalue weighted by molar-refractivity contribution is 5.89. The number of urea groups is 1. The summed E-state index contributed by atoms with van der Waals surface area (Å²) in [6.07, 6.45) is 2.10. The maximum atomic E-state index is 12.7. The van der Waals surface area contributed by atoms with Crippen LogP contribution in [0, 0.1) is 12.8 Å². The fourth-order valence-electron chi connectivity index (χ4n) is 3.18. The molecule has 0 aliphatic carbocycles. The first-order valence-corrected chi connectivity index (χ1v) is 7.85. The Bertz CT molecular complexity index is 657. The summed E-state index contributed by atoms with van der Waals surface area (Å²) >= 11 is 0. The van der Waals surface area contributed by atoms with Gasteiger partial charge in [0.2, 0.25) is 0 Å². The second kappa shape index (κ2) is 5.87. The molecule has 2 aromatic rings. The van der Waals surface area contributed by atoms with Crippen LogP contribution in [0.4, 0.5) is 10.5 Å². The van der Waals surface area contributed by atoms with Gasteiger partial charge in [-0.15, -0.1) is 0 Å². The molecule has 1 aliphatic heterocycles. The molecule has 22 heavy (non-hydrogen) atoms.